The van der Waals surface area contributed by atoms with Crippen molar-refractivity contribution in [2.24, 2.45) is 5.92 Å². The van der Waals surface area contributed by atoms with Crippen LogP contribution in [0.2, 0.25) is 0 Å². The molecule has 0 bridgehead atoms. The lowest BCUT2D eigenvalue weighted by molar-refractivity contribution is -0.137. The minimum atomic E-state index is -4.33. The zero-order valence-electron chi connectivity index (χ0n) is 11.7. The highest BCUT2D eigenvalue weighted by Crippen LogP contribution is 2.29. The second-order valence-corrected chi connectivity index (χ2v) is 5.46. The molecule has 21 heavy (non-hydrogen) atoms. The van der Waals surface area contributed by atoms with Crippen LogP contribution >= 0.6 is 0 Å². The quantitative estimate of drug-likeness (QED) is 0.775. The average Bonchev–Trinajstić information content (AvgIpc) is 3.22. The van der Waals surface area contributed by atoms with Crippen molar-refractivity contribution < 1.29 is 23.0 Å². The summed E-state index contributed by atoms with van der Waals surface area (Å²) in [6.07, 6.45) is -2.57. The number of hydrogen-bond acceptors (Lipinski definition) is 3. The van der Waals surface area contributed by atoms with Gasteiger partial charge in [0.25, 0.3) is 0 Å². The molecule has 0 aliphatic heterocycles. The average molecular weight is 303 g/mol. The van der Waals surface area contributed by atoms with Gasteiger partial charge in [-0.15, -0.1) is 0 Å². The van der Waals surface area contributed by atoms with Crippen molar-refractivity contribution in [1.29, 1.82) is 0 Å². The minimum Gasteiger partial charge on any atom is -0.389 e. The van der Waals surface area contributed by atoms with Gasteiger partial charge in [0.05, 0.1) is 18.3 Å². The number of nitrogens with one attached hydrogen (secondary N) is 1. The van der Waals surface area contributed by atoms with Crippen LogP contribution < -0.4 is 5.32 Å². The first-order valence-corrected chi connectivity index (χ1v) is 7.08. The molecule has 1 unspecified atom stereocenters. The summed E-state index contributed by atoms with van der Waals surface area (Å²) < 4.78 is 43.0. The van der Waals surface area contributed by atoms with Crippen LogP contribution in [0.1, 0.15) is 24.0 Å². The molecule has 1 aromatic rings. The lowest BCUT2D eigenvalue weighted by Gasteiger charge is -2.13. The van der Waals surface area contributed by atoms with E-state index in [1.165, 1.54) is 18.9 Å². The lowest BCUT2D eigenvalue weighted by atomic mass is 10.1. The molecule has 0 amide bonds. The zero-order chi connectivity index (χ0) is 15.3. The van der Waals surface area contributed by atoms with Crippen molar-refractivity contribution in [1.82, 2.24) is 5.32 Å². The van der Waals surface area contributed by atoms with Gasteiger partial charge >= 0.3 is 6.18 Å². The number of ether oxygens (including phenoxy) is 1. The van der Waals surface area contributed by atoms with E-state index >= 15 is 0 Å². The van der Waals surface area contributed by atoms with Crippen LogP contribution in [-0.4, -0.2) is 31.0 Å². The molecule has 1 fully saturated rings. The van der Waals surface area contributed by atoms with Gasteiger partial charge in [-0.05, 0) is 30.4 Å². The molecule has 0 radical (unpaired) electrons. The molecule has 1 aliphatic carbocycles. The molecule has 2 rings (SSSR count). The van der Waals surface area contributed by atoms with Crippen LogP contribution in [0.25, 0.3) is 0 Å². The summed E-state index contributed by atoms with van der Waals surface area (Å²) in [4.78, 5) is 0. The molecule has 1 atom stereocenters. The van der Waals surface area contributed by atoms with Gasteiger partial charge in [-0.25, -0.2) is 0 Å². The van der Waals surface area contributed by atoms with Crippen molar-refractivity contribution >= 4 is 0 Å². The molecule has 118 valence electrons. The monoisotopic (exact) mass is 303 g/mol. The van der Waals surface area contributed by atoms with Gasteiger partial charge in [0.15, 0.2) is 0 Å². The van der Waals surface area contributed by atoms with Gasteiger partial charge in [0.1, 0.15) is 0 Å². The van der Waals surface area contributed by atoms with E-state index in [1.807, 2.05) is 0 Å². The van der Waals surface area contributed by atoms with E-state index in [1.54, 1.807) is 6.07 Å². The maximum Gasteiger partial charge on any atom is 0.416 e. The molecular formula is C15H20F3NO2. The number of benzene rings is 1. The fraction of sp³-hybridized carbons (Fsp3) is 0.600. The van der Waals surface area contributed by atoms with Gasteiger partial charge in [0.2, 0.25) is 0 Å². The fourth-order valence-electron chi connectivity index (χ4n) is 1.95. The van der Waals surface area contributed by atoms with Crippen LogP contribution in [0.5, 0.6) is 0 Å². The molecule has 6 heteroatoms. The van der Waals surface area contributed by atoms with Crippen molar-refractivity contribution in [3.63, 3.8) is 0 Å². The smallest absolute Gasteiger partial charge is 0.389 e. The third kappa shape index (κ3) is 6.03. The Morgan fingerprint density at radius 2 is 2.10 bits per heavy atom. The van der Waals surface area contributed by atoms with E-state index in [-0.39, 0.29) is 13.2 Å². The van der Waals surface area contributed by atoms with Gasteiger partial charge in [-0.1, -0.05) is 18.2 Å². The van der Waals surface area contributed by atoms with Crippen molar-refractivity contribution in [2.45, 2.75) is 31.7 Å². The van der Waals surface area contributed by atoms with Crippen LogP contribution in [0.4, 0.5) is 13.2 Å². The Morgan fingerprint density at radius 1 is 1.33 bits per heavy atom. The fourth-order valence-corrected chi connectivity index (χ4v) is 1.95. The maximum absolute atomic E-state index is 12.6. The summed E-state index contributed by atoms with van der Waals surface area (Å²) in [6.45, 7) is 1.52. The van der Waals surface area contributed by atoms with E-state index < -0.39 is 17.8 Å². The van der Waals surface area contributed by atoms with Gasteiger partial charge in [-0.2, -0.15) is 13.2 Å². The first-order valence-electron chi connectivity index (χ1n) is 7.08. The first-order chi connectivity index (χ1) is 9.95. The van der Waals surface area contributed by atoms with E-state index in [0.29, 0.717) is 24.6 Å². The first kappa shape index (κ1) is 16.3. The predicted molar refractivity (Wildman–Crippen MR) is 72.7 cm³/mol. The third-order valence-electron chi connectivity index (χ3n) is 3.32. The van der Waals surface area contributed by atoms with Gasteiger partial charge in [-0.3, -0.25) is 0 Å². The summed E-state index contributed by atoms with van der Waals surface area (Å²) in [5.41, 5.74) is -0.119. The Balaban J connectivity index is 1.67. The number of aliphatic hydroxyl groups is 1. The SMILES string of the molecule is OC(CNCc1cccc(C(F)(F)F)c1)COCC1CC1. The van der Waals surface area contributed by atoms with Crippen LogP contribution in [0.15, 0.2) is 24.3 Å². The highest BCUT2D eigenvalue weighted by atomic mass is 19.4. The Labute approximate surface area is 122 Å². The number of alkyl halides is 3. The molecule has 2 N–H and O–H groups in total. The summed E-state index contributed by atoms with van der Waals surface area (Å²) in [7, 11) is 0. The normalized spacial score (nSPS) is 17.0. The number of halogens is 3. The van der Waals surface area contributed by atoms with Crippen molar-refractivity contribution in [3.05, 3.63) is 35.4 Å². The summed E-state index contributed by atoms with van der Waals surface area (Å²) >= 11 is 0. The molecule has 1 aliphatic rings. The molecule has 3 nitrogen and oxygen atoms in total. The molecule has 0 saturated heterocycles. The second kappa shape index (κ2) is 7.24. The Hall–Kier alpha value is -1.11. The topological polar surface area (TPSA) is 41.5 Å². The highest BCUT2D eigenvalue weighted by molar-refractivity contribution is 5.25. The minimum absolute atomic E-state index is 0.256. The van der Waals surface area contributed by atoms with Crippen LogP contribution in [-0.2, 0) is 17.5 Å². The summed E-state index contributed by atoms with van der Waals surface area (Å²) in [6, 6.07) is 5.17. The molecule has 1 aromatic carbocycles. The Bertz CT molecular complexity index is 447. The van der Waals surface area contributed by atoms with Crippen molar-refractivity contribution in [2.75, 3.05) is 19.8 Å². The summed E-state index contributed by atoms with van der Waals surface area (Å²) in [5, 5.41) is 12.6. The third-order valence-corrected chi connectivity index (χ3v) is 3.32. The lowest BCUT2D eigenvalue weighted by Crippen LogP contribution is -2.30. The van der Waals surface area contributed by atoms with E-state index in [9.17, 15) is 18.3 Å². The van der Waals surface area contributed by atoms with E-state index in [2.05, 4.69) is 5.32 Å². The summed E-state index contributed by atoms with van der Waals surface area (Å²) in [5.74, 6) is 0.648. The molecule has 0 spiro atoms. The van der Waals surface area contributed by atoms with E-state index in [0.717, 1.165) is 12.1 Å². The Morgan fingerprint density at radius 3 is 2.76 bits per heavy atom. The Kier molecular flexibility index (Phi) is 5.61. The van der Waals surface area contributed by atoms with Crippen LogP contribution in [0.3, 0.4) is 0 Å². The zero-order valence-corrected chi connectivity index (χ0v) is 11.7. The molecular weight excluding hydrogens is 283 g/mol. The number of aliphatic hydroxyl groups excluding tert-OH is 1. The largest absolute Gasteiger partial charge is 0.416 e. The number of hydrogen-bond donors (Lipinski definition) is 2. The standard InChI is InChI=1S/C15H20F3NO2/c16-15(17,18)13-3-1-2-12(6-13)7-19-8-14(20)10-21-9-11-4-5-11/h1-3,6,11,14,19-20H,4-5,7-10H2. The van der Waals surface area contributed by atoms with Gasteiger partial charge < -0.3 is 15.2 Å². The molecule has 0 heterocycles. The number of rotatable bonds is 8. The second-order valence-electron chi connectivity index (χ2n) is 5.46. The highest BCUT2D eigenvalue weighted by Gasteiger charge is 2.30. The maximum atomic E-state index is 12.6. The van der Waals surface area contributed by atoms with Crippen molar-refractivity contribution in [3.8, 4) is 0 Å². The van der Waals surface area contributed by atoms with E-state index in [4.69, 9.17) is 4.74 Å². The molecule has 1 saturated carbocycles. The predicted octanol–water partition coefficient (Wildman–Crippen LogP) is 2.58. The van der Waals surface area contributed by atoms with Crippen LogP contribution in [0, 0.1) is 5.92 Å². The van der Waals surface area contributed by atoms with Gasteiger partial charge in [0, 0.05) is 19.7 Å². The molecule has 0 aromatic heterocycles.